The summed E-state index contributed by atoms with van der Waals surface area (Å²) in [6.07, 6.45) is 5.95. The first-order valence-electron chi connectivity index (χ1n) is 7.28. The van der Waals surface area contributed by atoms with E-state index < -0.39 is 0 Å². The summed E-state index contributed by atoms with van der Waals surface area (Å²) >= 11 is 5.40. The van der Waals surface area contributed by atoms with Crippen molar-refractivity contribution in [2.24, 2.45) is 0 Å². The molecule has 1 atom stereocenters. The second-order valence-electron chi connectivity index (χ2n) is 4.99. The van der Waals surface area contributed by atoms with Gasteiger partial charge in [0.25, 0.3) is 0 Å². The van der Waals surface area contributed by atoms with E-state index in [1.165, 1.54) is 10.5 Å². The Morgan fingerprint density at radius 3 is 2.76 bits per heavy atom. The van der Waals surface area contributed by atoms with Gasteiger partial charge in [0.2, 0.25) is 0 Å². The van der Waals surface area contributed by atoms with Crippen molar-refractivity contribution in [3.8, 4) is 0 Å². The first-order chi connectivity index (χ1) is 10.3. The van der Waals surface area contributed by atoms with Crippen molar-refractivity contribution in [3.05, 3.63) is 58.8 Å². The third-order valence-electron chi connectivity index (χ3n) is 3.12. The van der Waals surface area contributed by atoms with Crippen LogP contribution in [0.2, 0.25) is 0 Å². The van der Waals surface area contributed by atoms with E-state index in [0.717, 1.165) is 29.6 Å². The molecule has 21 heavy (non-hydrogen) atoms. The first-order valence-corrected chi connectivity index (χ1v) is 9.06. The Morgan fingerprint density at radius 1 is 1.24 bits per heavy atom. The average molecular weight is 365 g/mol. The van der Waals surface area contributed by atoms with Gasteiger partial charge in [-0.25, -0.2) is 0 Å². The number of pyridine rings is 1. The van der Waals surface area contributed by atoms with Crippen LogP contribution in [-0.4, -0.2) is 23.3 Å². The van der Waals surface area contributed by atoms with Crippen molar-refractivity contribution in [1.29, 1.82) is 0 Å². The zero-order valence-electron chi connectivity index (χ0n) is 12.3. The molecule has 0 radical (unpaired) electrons. The molecule has 0 amide bonds. The highest BCUT2D eigenvalue weighted by Crippen LogP contribution is 2.20. The topological polar surface area (TPSA) is 24.9 Å². The molecule has 112 valence electrons. The zero-order valence-corrected chi connectivity index (χ0v) is 14.7. The van der Waals surface area contributed by atoms with Crippen LogP contribution < -0.4 is 5.32 Å². The number of rotatable bonds is 8. The predicted octanol–water partition coefficient (Wildman–Crippen LogP) is 4.55. The summed E-state index contributed by atoms with van der Waals surface area (Å²) in [7, 11) is 0. The molecule has 1 unspecified atom stereocenters. The van der Waals surface area contributed by atoms with Crippen LogP contribution in [0.5, 0.6) is 0 Å². The Balaban J connectivity index is 1.94. The maximum absolute atomic E-state index is 4.25. The Labute approximate surface area is 139 Å². The minimum Gasteiger partial charge on any atom is -0.313 e. The second-order valence-corrected chi connectivity index (χ2v) is 7.00. The third-order valence-corrected chi connectivity index (χ3v) is 4.73. The summed E-state index contributed by atoms with van der Waals surface area (Å²) in [5.74, 6) is 1.07. The van der Waals surface area contributed by atoms with E-state index in [9.17, 15) is 0 Å². The molecule has 0 bridgehead atoms. The molecule has 0 spiro atoms. The van der Waals surface area contributed by atoms with E-state index in [0.29, 0.717) is 6.04 Å². The number of thioether (sulfide) groups is 1. The number of benzene rings is 1. The molecular formula is C17H21BrN2S. The molecule has 2 aromatic rings. The Morgan fingerprint density at radius 2 is 2.05 bits per heavy atom. The highest BCUT2D eigenvalue weighted by molar-refractivity contribution is 9.10. The number of nitrogens with zero attached hydrogens (tertiary/aromatic N) is 1. The van der Waals surface area contributed by atoms with Gasteiger partial charge in [0, 0.05) is 33.6 Å². The molecule has 1 aromatic carbocycles. The monoisotopic (exact) mass is 364 g/mol. The lowest BCUT2D eigenvalue weighted by molar-refractivity contribution is 0.549. The van der Waals surface area contributed by atoms with E-state index in [4.69, 9.17) is 0 Å². The minimum absolute atomic E-state index is 0.464. The lowest BCUT2D eigenvalue weighted by Crippen LogP contribution is -2.34. The van der Waals surface area contributed by atoms with Crippen molar-refractivity contribution in [3.63, 3.8) is 0 Å². The molecule has 0 saturated heterocycles. The smallest absolute Gasteiger partial charge is 0.0410 e. The van der Waals surface area contributed by atoms with Gasteiger partial charge in [-0.05, 0) is 59.1 Å². The molecule has 2 rings (SSSR count). The summed E-state index contributed by atoms with van der Waals surface area (Å²) in [6, 6.07) is 13.2. The normalized spacial score (nSPS) is 12.3. The van der Waals surface area contributed by atoms with Gasteiger partial charge < -0.3 is 5.32 Å². The lowest BCUT2D eigenvalue weighted by atomic mass is 10.1. The van der Waals surface area contributed by atoms with Gasteiger partial charge in [-0.2, -0.15) is 0 Å². The third kappa shape index (κ3) is 6.20. The molecule has 0 aliphatic rings. The Kier molecular flexibility index (Phi) is 7.27. The number of hydrogen-bond acceptors (Lipinski definition) is 3. The molecule has 1 aromatic heterocycles. The van der Waals surface area contributed by atoms with Crippen LogP contribution >= 0.6 is 27.7 Å². The molecule has 4 heteroatoms. The lowest BCUT2D eigenvalue weighted by Gasteiger charge is -2.18. The van der Waals surface area contributed by atoms with Crippen LogP contribution in [0.15, 0.2) is 58.2 Å². The quantitative estimate of drug-likeness (QED) is 0.695. The molecule has 0 saturated carbocycles. The summed E-state index contributed by atoms with van der Waals surface area (Å²) in [5.41, 5.74) is 1.27. The van der Waals surface area contributed by atoms with Gasteiger partial charge in [0.1, 0.15) is 0 Å². The van der Waals surface area contributed by atoms with Gasteiger partial charge in [0.15, 0.2) is 0 Å². The largest absolute Gasteiger partial charge is 0.313 e. The Bertz CT molecular complexity index is 533. The molecule has 1 N–H and O–H groups in total. The standard InChI is InChI=1S/C17H21BrN2S/c1-2-8-20-16(10-14-9-15(18)12-19-11-14)13-21-17-6-4-3-5-7-17/h3-7,9,11-12,16,20H,2,8,10,13H2,1H3. The van der Waals surface area contributed by atoms with Crippen LogP contribution in [0, 0.1) is 0 Å². The molecule has 0 aliphatic carbocycles. The SMILES string of the molecule is CCCNC(CSc1ccccc1)Cc1cncc(Br)c1. The second kappa shape index (κ2) is 9.23. The van der Waals surface area contributed by atoms with Crippen molar-refractivity contribution >= 4 is 27.7 Å². The maximum Gasteiger partial charge on any atom is 0.0410 e. The fourth-order valence-corrected chi connectivity index (χ4v) is 3.50. The van der Waals surface area contributed by atoms with Gasteiger partial charge in [0.05, 0.1) is 0 Å². The van der Waals surface area contributed by atoms with E-state index in [-0.39, 0.29) is 0 Å². The summed E-state index contributed by atoms with van der Waals surface area (Å²) < 4.78 is 1.05. The molecule has 1 heterocycles. The fourth-order valence-electron chi connectivity index (χ4n) is 2.10. The van der Waals surface area contributed by atoms with Crippen LogP contribution in [0.1, 0.15) is 18.9 Å². The van der Waals surface area contributed by atoms with Crippen molar-refractivity contribution in [2.45, 2.75) is 30.7 Å². The summed E-state index contributed by atoms with van der Waals surface area (Å²) in [4.78, 5) is 5.58. The molecule has 2 nitrogen and oxygen atoms in total. The van der Waals surface area contributed by atoms with E-state index in [1.54, 1.807) is 0 Å². The predicted molar refractivity (Wildman–Crippen MR) is 94.9 cm³/mol. The highest BCUT2D eigenvalue weighted by Gasteiger charge is 2.10. The van der Waals surface area contributed by atoms with Crippen molar-refractivity contribution in [1.82, 2.24) is 10.3 Å². The minimum atomic E-state index is 0.464. The number of hydrogen-bond donors (Lipinski definition) is 1. The Hall–Kier alpha value is -0.840. The van der Waals surface area contributed by atoms with Crippen molar-refractivity contribution in [2.75, 3.05) is 12.3 Å². The van der Waals surface area contributed by atoms with E-state index >= 15 is 0 Å². The molecule has 0 aliphatic heterocycles. The van der Waals surface area contributed by atoms with Gasteiger partial charge >= 0.3 is 0 Å². The molecular weight excluding hydrogens is 344 g/mol. The van der Waals surface area contributed by atoms with Crippen LogP contribution in [0.4, 0.5) is 0 Å². The molecule has 0 fully saturated rings. The number of nitrogens with one attached hydrogen (secondary N) is 1. The van der Waals surface area contributed by atoms with Gasteiger partial charge in [-0.1, -0.05) is 25.1 Å². The van der Waals surface area contributed by atoms with Crippen LogP contribution in [-0.2, 0) is 6.42 Å². The van der Waals surface area contributed by atoms with E-state index in [1.807, 2.05) is 24.2 Å². The van der Waals surface area contributed by atoms with Crippen LogP contribution in [0.25, 0.3) is 0 Å². The number of aromatic nitrogens is 1. The summed E-state index contributed by atoms with van der Waals surface area (Å²) in [6.45, 7) is 3.26. The van der Waals surface area contributed by atoms with Gasteiger partial charge in [-0.3, -0.25) is 4.98 Å². The summed E-state index contributed by atoms with van der Waals surface area (Å²) in [5, 5.41) is 3.64. The first kappa shape index (κ1) is 16.5. The fraction of sp³-hybridized carbons (Fsp3) is 0.353. The maximum atomic E-state index is 4.25. The van der Waals surface area contributed by atoms with Gasteiger partial charge in [-0.15, -0.1) is 11.8 Å². The van der Waals surface area contributed by atoms with E-state index in [2.05, 4.69) is 69.6 Å². The zero-order chi connectivity index (χ0) is 14.9. The number of halogens is 1. The van der Waals surface area contributed by atoms with Crippen molar-refractivity contribution < 1.29 is 0 Å². The highest BCUT2D eigenvalue weighted by atomic mass is 79.9. The average Bonchev–Trinajstić information content (AvgIpc) is 2.51. The van der Waals surface area contributed by atoms with Crippen LogP contribution in [0.3, 0.4) is 0 Å².